The van der Waals surface area contributed by atoms with Crippen molar-refractivity contribution in [3.05, 3.63) is 84.2 Å². The minimum atomic E-state index is -4.22. The molecule has 4 rings (SSSR count). The first-order valence-electron chi connectivity index (χ1n) is 14.4. The lowest BCUT2D eigenvalue weighted by Gasteiger charge is -2.32. The van der Waals surface area contributed by atoms with Crippen LogP contribution in [0.15, 0.2) is 82.6 Å². The maximum absolute atomic E-state index is 14.7. The Hall–Kier alpha value is -3.57. The molecule has 0 aromatic heterocycles. The first-order valence-corrected chi connectivity index (χ1v) is 17.0. The summed E-state index contributed by atoms with van der Waals surface area (Å²) in [6.07, 6.45) is 5.65. The van der Waals surface area contributed by atoms with Gasteiger partial charge < -0.3 is 15.0 Å². The van der Waals surface area contributed by atoms with Crippen molar-refractivity contribution >= 4 is 39.3 Å². The highest BCUT2D eigenvalue weighted by atomic mass is 32.2. The highest BCUT2D eigenvalue weighted by molar-refractivity contribution is 7.98. The molecule has 0 spiro atoms. The second-order valence-electron chi connectivity index (χ2n) is 10.4. The van der Waals surface area contributed by atoms with E-state index in [9.17, 15) is 22.4 Å². The van der Waals surface area contributed by atoms with E-state index in [1.165, 1.54) is 34.9 Å². The van der Waals surface area contributed by atoms with E-state index in [4.69, 9.17) is 4.74 Å². The molecule has 1 atom stereocenters. The number of rotatable bonds is 13. The minimum absolute atomic E-state index is 0.0136. The molecule has 0 aliphatic heterocycles. The molecule has 1 unspecified atom stereocenters. The van der Waals surface area contributed by atoms with E-state index in [2.05, 4.69) is 5.32 Å². The molecular formula is C32H38FN3O5S2. The van der Waals surface area contributed by atoms with E-state index < -0.39 is 34.3 Å². The molecule has 3 aromatic carbocycles. The molecule has 0 heterocycles. The van der Waals surface area contributed by atoms with Crippen LogP contribution in [0.3, 0.4) is 0 Å². The summed E-state index contributed by atoms with van der Waals surface area (Å²) in [4.78, 5) is 29.5. The molecule has 2 amide bonds. The molecule has 230 valence electrons. The number of nitrogens with zero attached hydrogens (tertiary/aromatic N) is 2. The van der Waals surface area contributed by atoms with Crippen molar-refractivity contribution < 1.29 is 27.1 Å². The summed E-state index contributed by atoms with van der Waals surface area (Å²) in [5, 5.41) is 3.01. The lowest BCUT2D eigenvalue weighted by Crippen LogP contribution is -2.52. The number of anilines is 1. The molecule has 1 aliphatic rings. The van der Waals surface area contributed by atoms with Gasteiger partial charge in [-0.25, -0.2) is 12.8 Å². The summed E-state index contributed by atoms with van der Waals surface area (Å²) >= 11 is 1.48. The van der Waals surface area contributed by atoms with E-state index in [0.29, 0.717) is 12.4 Å². The lowest BCUT2D eigenvalue weighted by atomic mass is 10.1. The van der Waals surface area contributed by atoms with Gasteiger partial charge in [0.05, 0.1) is 17.2 Å². The maximum atomic E-state index is 14.7. The molecule has 1 N–H and O–H groups in total. The number of ether oxygens (including phenoxy) is 1. The number of halogens is 1. The van der Waals surface area contributed by atoms with Gasteiger partial charge in [0, 0.05) is 23.0 Å². The predicted octanol–water partition coefficient (Wildman–Crippen LogP) is 5.62. The van der Waals surface area contributed by atoms with Crippen molar-refractivity contribution in [2.75, 3.05) is 23.7 Å². The van der Waals surface area contributed by atoms with Gasteiger partial charge >= 0.3 is 0 Å². The van der Waals surface area contributed by atoms with Crippen LogP contribution in [0, 0.1) is 5.82 Å². The second kappa shape index (κ2) is 14.7. The van der Waals surface area contributed by atoms with Crippen molar-refractivity contribution in [3.63, 3.8) is 0 Å². The molecule has 1 fully saturated rings. The maximum Gasteiger partial charge on any atom is 0.264 e. The number of hydrogen-bond acceptors (Lipinski definition) is 6. The van der Waals surface area contributed by atoms with E-state index >= 15 is 0 Å². The van der Waals surface area contributed by atoms with Crippen molar-refractivity contribution in [1.82, 2.24) is 10.2 Å². The Morgan fingerprint density at radius 3 is 2.28 bits per heavy atom. The molecule has 43 heavy (non-hydrogen) atoms. The van der Waals surface area contributed by atoms with Gasteiger partial charge in [-0.05, 0) is 87.5 Å². The molecule has 8 nitrogen and oxygen atoms in total. The van der Waals surface area contributed by atoms with E-state index in [1.807, 2.05) is 13.2 Å². The van der Waals surface area contributed by atoms with Crippen LogP contribution in [0.1, 0.15) is 45.1 Å². The summed E-state index contributed by atoms with van der Waals surface area (Å²) in [6, 6.07) is 17.9. The molecule has 1 saturated carbocycles. The van der Waals surface area contributed by atoms with Gasteiger partial charge in [0.25, 0.3) is 10.0 Å². The number of nitrogens with one attached hydrogen (secondary N) is 1. The fraction of sp³-hybridized carbons (Fsp3) is 0.375. The quantitative estimate of drug-likeness (QED) is 0.247. The number of sulfonamides is 1. The van der Waals surface area contributed by atoms with Gasteiger partial charge in [0.1, 0.15) is 24.2 Å². The topological polar surface area (TPSA) is 96.0 Å². The average molecular weight is 628 g/mol. The Morgan fingerprint density at radius 2 is 1.67 bits per heavy atom. The molecule has 0 radical (unpaired) electrons. The smallest absolute Gasteiger partial charge is 0.264 e. The minimum Gasteiger partial charge on any atom is -0.494 e. The van der Waals surface area contributed by atoms with Crippen molar-refractivity contribution in [2.45, 2.75) is 68.0 Å². The third-order valence-corrected chi connectivity index (χ3v) is 10.1. The molecule has 3 aromatic rings. The predicted molar refractivity (Wildman–Crippen MR) is 167 cm³/mol. The van der Waals surface area contributed by atoms with Gasteiger partial charge in [0.15, 0.2) is 0 Å². The van der Waals surface area contributed by atoms with Crippen LogP contribution < -0.4 is 14.4 Å². The number of thioether (sulfide) groups is 1. The first-order chi connectivity index (χ1) is 20.6. The van der Waals surface area contributed by atoms with Crippen LogP contribution in [-0.2, 0) is 26.2 Å². The molecule has 11 heteroatoms. The Bertz CT molecular complexity index is 1490. The normalized spacial score (nSPS) is 14.2. The fourth-order valence-electron chi connectivity index (χ4n) is 5.06. The first kappa shape index (κ1) is 32.3. The van der Waals surface area contributed by atoms with Gasteiger partial charge in [-0.15, -0.1) is 11.8 Å². The number of benzene rings is 3. The Labute approximate surface area is 257 Å². The van der Waals surface area contributed by atoms with Gasteiger partial charge in [-0.3, -0.25) is 13.9 Å². The highest BCUT2D eigenvalue weighted by Gasteiger charge is 2.33. The van der Waals surface area contributed by atoms with E-state index in [1.54, 1.807) is 61.5 Å². The largest absolute Gasteiger partial charge is 0.494 e. The van der Waals surface area contributed by atoms with Gasteiger partial charge in [-0.2, -0.15) is 0 Å². The Morgan fingerprint density at radius 1 is 1.02 bits per heavy atom. The number of amides is 2. The van der Waals surface area contributed by atoms with Crippen molar-refractivity contribution in [1.29, 1.82) is 0 Å². The molecule has 1 aliphatic carbocycles. The summed E-state index contributed by atoms with van der Waals surface area (Å²) in [6.45, 7) is 3.06. The van der Waals surface area contributed by atoms with Gasteiger partial charge in [-0.1, -0.05) is 31.0 Å². The standard InChI is InChI=1S/C32H38FN3O5S2/c1-4-41-27-15-13-26(14-16-27)36(43(39,40)29-19-17-28(42-3)18-20-29)22-31(37)35(21-24-9-5-8-12-30(24)33)23(2)32(38)34-25-10-6-7-11-25/h5,8-9,12-20,23,25H,4,6-7,10-11,21-22H2,1-3H3,(H,34,38). The summed E-state index contributed by atoms with van der Waals surface area (Å²) in [7, 11) is -4.22. The van der Waals surface area contributed by atoms with Crippen LogP contribution in [0.5, 0.6) is 5.75 Å². The average Bonchev–Trinajstić information content (AvgIpc) is 3.52. The van der Waals surface area contributed by atoms with Crippen molar-refractivity contribution in [3.8, 4) is 5.75 Å². The monoisotopic (exact) mass is 627 g/mol. The number of carbonyl (C=O) groups excluding carboxylic acids is 2. The summed E-state index contributed by atoms with van der Waals surface area (Å²) in [5.74, 6) is -0.971. The van der Waals surface area contributed by atoms with Crippen LogP contribution >= 0.6 is 11.8 Å². The van der Waals surface area contributed by atoms with Crippen LogP contribution in [0.25, 0.3) is 0 Å². The van der Waals surface area contributed by atoms with Crippen LogP contribution in [0.2, 0.25) is 0 Å². The Kier molecular flexibility index (Phi) is 11.1. The zero-order chi connectivity index (χ0) is 31.0. The lowest BCUT2D eigenvalue weighted by molar-refractivity contribution is -0.139. The second-order valence-corrected chi connectivity index (χ2v) is 13.1. The van der Waals surface area contributed by atoms with E-state index in [0.717, 1.165) is 34.9 Å². The molecule has 0 saturated heterocycles. The van der Waals surface area contributed by atoms with E-state index in [-0.39, 0.29) is 34.6 Å². The van der Waals surface area contributed by atoms with Crippen LogP contribution in [-0.4, -0.2) is 56.6 Å². The summed E-state index contributed by atoms with van der Waals surface area (Å²) in [5.41, 5.74) is 0.471. The third-order valence-electron chi connectivity index (χ3n) is 7.53. The third kappa shape index (κ3) is 8.08. The number of carbonyl (C=O) groups is 2. The molecular weight excluding hydrogens is 590 g/mol. The van der Waals surface area contributed by atoms with Crippen LogP contribution in [0.4, 0.5) is 10.1 Å². The van der Waals surface area contributed by atoms with Gasteiger partial charge in [0.2, 0.25) is 11.8 Å². The molecule has 0 bridgehead atoms. The zero-order valence-corrected chi connectivity index (χ0v) is 26.3. The highest BCUT2D eigenvalue weighted by Crippen LogP contribution is 2.28. The summed E-state index contributed by atoms with van der Waals surface area (Å²) < 4.78 is 49.3. The zero-order valence-electron chi connectivity index (χ0n) is 24.7. The number of hydrogen-bond donors (Lipinski definition) is 1. The Balaban J connectivity index is 1.70. The SMILES string of the molecule is CCOc1ccc(N(CC(=O)N(Cc2ccccc2F)C(C)C(=O)NC2CCCC2)S(=O)(=O)c2ccc(SC)cc2)cc1. The van der Waals surface area contributed by atoms with Crippen molar-refractivity contribution in [2.24, 2.45) is 0 Å². The fourth-order valence-corrected chi connectivity index (χ4v) is 6.89.